The minimum atomic E-state index is -0.541. The third kappa shape index (κ3) is 2.84. The molecule has 2 aliphatic carbocycles. The Kier molecular flexibility index (Phi) is 4.68. The Bertz CT molecular complexity index is 2220. The lowest BCUT2D eigenvalue weighted by atomic mass is 9.69. The van der Waals surface area contributed by atoms with Gasteiger partial charge in [0.1, 0.15) is 5.82 Å². The number of benzene rings is 6. The molecule has 0 atom stereocenters. The lowest BCUT2D eigenvalue weighted by Gasteiger charge is -2.32. The van der Waals surface area contributed by atoms with Gasteiger partial charge in [-0.1, -0.05) is 121 Å². The molecule has 0 saturated carbocycles. The van der Waals surface area contributed by atoms with Crippen LogP contribution in [0.3, 0.4) is 0 Å². The molecule has 0 saturated heterocycles. The molecular weight excluding hydrogens is 512 g/mol. The monoisotopic (exact) mass is 536 g/mol. The molecule has 0 aliphatic heterocycles. The van der Waals surface area contributed by atoms with Crippen LogP contribution in [0.2, 0.25) is 0 Å². The molecule has 0 N–H and O–H groups in total. The van der Waals surface area contributed by atoms with E-state index in [0.717, 1.165) is 11.3 Å². The maximum absolute atomic E-state index is 14.3. The molecule has 196 valence electrons. The number of para-hydroxylation sites is 2. The summed E-state index contributed by atoms with van der Waals surface area (Å²) < 4.78 is 1.79. The van der Waals surface area contributed by atoms with E-state index in [1.165, 1.54) is 44.5 Å². The summed E-state index contributed by atoms with van der Waals surface area (Å²) in [5.41, 5.74) is 11.7. The fourth-order valence-corrected chi connectivity index (χ4v) is 7.47. The first-order valence-corrected chi connectivity index (χ1v) is 14.3. The van der Waals surface area contributed by atoms with Gasteiger partial charge in [-0.05, 0) is 68.8 Å². The standard InChI is InChI=1S/C39H24N2O/c42-38-30-18-7-11-24-35(30)40-37(41(38)25-13-2-1-3-14-25)31-20-12-19-29-28-17-6-10-23-34(28)39(36(29)31)32-21-8-4-15-26(32)27-16-5-9-22-33(27)39/h1-24H. The Morgan fingerprint density at radius 3 is 1.64 bits per heavy atom. The fraction of sp³-hybridized carbons (Fsp3) is 0.0256. The van der Waals surface area contributed by atoms with E-state index < -0.39 is 5.41 Å². The lowest BCUT2D eigenvalue weighted by Crippen LogP contribution is -2.28. The second kappa shape index (κ2) is 8.48. The van der Waals surface area contributed by atoms with Gasteiger partial charge in [-0.25, -0.2) is 4.98 Å². The van der Waals surface area contributed by atoms with Crippen LogP contribution in [0.1, 0.15) is 22.3 Å². The van der Waals surface area contributed by atoms with Crippen LogP contribution in [0, 0.1) is 0 Å². The first kappa shape index (κ1) is 23.2. The van der Waals surface area contributed by atoms with Crippen LogP contribution in [-0.4, -0.2) is 9.55 Å². The Labute approximate surface area is 243 Å². The molecule has 0 bridgehead atoms. The Balaban J connectivity index is 1.49. The highest BCUT2D eigenvalue weighted by molar-refractivity contribution is 5.98. The minimum Gasteiger partial charge on any atom is -0.268 e. The highest BCUT2D eigenvalue weighted by Gasteiger charge is 2.52. The number of aromatic nitrogens is 2. The number of hydrogen-bond acceptors (Lipinski definition) is 2. The summed E-state index contributed by atoms with van der Waals surface area (Å²) in [4.78, 5) is 19.5. The summed E-state index contributed by atoms with van der Waals surface area (Å²) in [6.45, 7) is 0. The molecule has 9 rings (SSSR count). The Hall–Kier alpha value is -5.54. The molecule has 6 aromatic carbocycles. The smallest absolute Gasteiger partial charge is 0.266 e. The molecule has 7 aromatic rings. The highest BCUT2D eigenvalue weighted by Crippen LogP contribution is 2.64. The second-order valence-corrected chi connectivity index (χ2v) is 11.0. The van der Waals surface area contributed by atoms with Gasteiger partial charge in [-0.3, -0.25) is 9.36 Å². The fourth-order valence-electron chi connectivity index (χ4n) is 7.47. The van der Waals surface area contributed by atoms with Crippen LogP contribution < -0.4 is 5.56 Å². The maximum atomic E-state index is 14.3. The van der Waals surface area contributed by atoms with Crippen LogP contribution in [-0.2, 0) is 5.41 Å². The predicted octanol–water partition coefficient (Wildman–Crippen LogP) is 8.40. The number of nitrogens with zero attached hydrogens (tertiary/aromatic N) is 2. The van der Waals surface area contributed by atoms with Gasteiger partial charge in [0.05, 0.1) is 22.0 Å². The van der Waals surface area contributed by atoms with E-state index in [-0.39, 0.29) is 5.56 Å². The van der Waals surface area contributed by atoms with Crippen LogP contribution in [0.25, 0.3) is 50.2 Å². The summed E-state index contributed by atoms with van der Waals surface area (Å²) in [5, 5.41) is 0.604. The molecule has 0 unspecified atom stereocenters. The number of rotatable bonds is 2. The van der Waals surface area contributed by atoms with E-state index in [0.29, 0.717) is 16.7 Å². The van der Waals surface area contributed by atoms with E-state index in [1.54, 1.807) is 4.57 Å². The first-order valence-electron chi connectivity index (χ1n) is 14.3. The molecule has 0 amide bonds. The molecule has 3 heteroatoms. The molecule has 1 aromatic heterocycles. The predicted molar refractivity (Wildman–Crippen MR) is 169 cm³/mol. The molecule has 3 nitrogen and oxygen atoms in total. The largest absolute Gasteiger partial charge is 0.268 e. The summed E-state index contributed by atoms with van der Waals surface area (Å²) in [5.74, 6) is 0.649. The summed E-state index contributed by atoms with van der Waals surface area (Å²) in [6.07, 6.45) is 0. The van der Waals surface area contributed by atoms with E-state index in [1.807, 2.05) is 54.6 Å². The average Bonchev–Trinajstić information content (AvgIpc) is 3.53. The maximum Gasteiger partial charge on any atom is 0.266 e. The van der Waals surface area contributed by atoms with Crippen molar-refractivity contribution in [1.82, 2.24) is 9.55 Å². The van der Waals surface area contributed by atoms with Crippen LogP contribution in [0.5, 0.6) is 0 Å². The quantitative estimate of drug-likeness (QED) is 0.222. The van der Waals surface area contributed by atoms with Crippen molar-refractivity contribution in [3.05, 3.63) is 178 Å². The number of hydrogen-bond donors (Lipinski definition) is 0. The molecule has 42 heavy (non-hydrogen) atoms. The minimum absolute atomic E-state index is 0.0730. The molecule has 1 spiro atoms. The van der Waals surface area contributed by atoms with Crippen LogP contribution in [0.15, 0.2) is 150 Å². The van der Waals surface area contributed by atoms with Crippen molar-refractivity contribution in [3.8, 4) is 39.3 Å². The SMILES string of the molecule is O=c1c2ccccc2nc(-c2cccc3c2C2(c4ccccc4-c4ccccc42)c2ccccc2-3)n1-c1ccccc1. The van der Waals surface area contributed by atoms with Crippen molar-refractivity contribution < 1.29 is 0 Å². The van der Waals surface area contributed by atoms with Gasteiger partial charge in [-0.15, -0.1) is 0 Å². The first-order chi connectivity index (χ1) is 20.8. The van der Waals surface area contributed by atoms with Crippen molar-refractivity contribution in [2.45, 2.75) is 5.41 Å². The van der Waals surface area contributed by atoms with Gasteiger partial charge >= 0.3 is 0 Å². The molecule has 0 radical (unpaired) electrons. The summed E-state index contributed by atoms with van der Waals surface area (Å²) in [6, 6.07) is 50.3. The zero-order valence-electron chi connectivity index (χ0n) is 22.7. The molecular formula is C39H24N2O. The van der Waals surface area contributed by atoms with Crippen LogP contribution in [0.4, 0.5) is 0 Å². The third-order valence-corrected chi connectivity index (χ3v) is 9.04. The topological polar surface area (TPSA) is 34.9 Å². The van der Waals surface area contributed by atoms with Gasteiger partial charge in [0.25, 0.3) is 5.56 Å². The van der Waals surface area contributed by atoms with Crippen molar-refractivity contribution in [1.29, 1.82) is 0 Å². The normalized spacial score (nSPS) is 13.5. The summed E-state index contributed by atoms with van der Waals surface area (Å²) in [7, 11) is 0. The lowest BCUT2D eigenvalue weighted by molar-refractivity contribution is 0.792. The molecule has 2 aliphatic rings. The Morgan fingerprint density at radius 2 is 0.976 bits per heavy atom. The van der Waals surface area contributed by atoms with Gasteiger partial charge in [0.2, 0.25) is 0 Å². The number of fused-ring (bicyclic) bond motifs is 11. The second-order valence-electron chi connectivity index (χ2n) is 11.0. The summed E-state index contributed by atoms with van der Waals surface area (Å²) >= 11 is 0. The van der Waals surface area contributed by atoms with Crippen molar-refractivity contribution in [2.24, 2.45) is 0 Å². The van der Waals surface area contributed by atoms with Crippen LogP contribution >= 0.6 is 0 Å². The van der Waals surface area contributed by atoms with Gasteiger partial charge in [-0.2, -0.15) is 0 Å². The molecule has 1 heterocycles. The Morgan fingerprint density at radius 1 is 0.476 bits per heavy atom. The van der Waals surface area contributed by atoms with Gasteiger partial charge in [0, 0.05) is 5.56 Å². The van der Waals surface area contributed by atoms with Crippen molar-refractivity contribution in [2.75, 3.05) is 0 Å². The van der Waals surface area contributed by atoms with E-state index in [4.69, 9.17) is 4.98 Å². The van der Waals surface area contributed by atoms with Gasteiger partial charge in [0.15, 0.2) is 0 Å². The zero-order chi connectivity index (χ0) is 27.8. The highest BCUT2D eigenvalue weighted by atomic mass is 16.1. The van der Waals surface area contributed by atoms with E-state index >= 15 is 0 Å². The zero-order valence-corrected chi connectivity index (χ0v) is 22.7. The van der Waals surface area contributed by atoms with Gasteiger partial charge < -0.3 is 0 Å². The third-order valence-electron chi connectivity index (χ3n) is 9.04. The van der Waals surface area contributed by atoms with E-state index in [2.05, 4.69) is 91.0 Å². The van der Waals surface area contributed by atoms with Crippen molar-refractivity contribution >= 4 is 10.9 Å². The van der Waals surface area contributed by atoms with Crippen molar-refractivity contribution in [3.63, 3.8) is 0 Å². The average molecular weight is 537 g/mol. The van der Waals surface area contributed by atoms with E-state index in [9.17, 15) is 4.79 Å². The molecule has 0 fully saturated rings.